The van der Waals surface area contributed by atoms with Crippen LogP contribution in [0.5, 0.6) is 0 Å². The number of hydrogen-bond acceptors (Lipinski definition) is 2. The van der Waals surface area contributed by atoms with Crippen molar-refractivity contribution in [2.45, 2.75) is 66.7 Å². The molecule has 3 atom stereocenters. The highest BCUT2D eigenvalue weighted by atomic mass is 16.3. The summed E-state index contributed by atoms with van der Waals surface area (Å²) in [6, 6.07) is 0. The Kier molecular flexibility index (Phi) is 3.22. The van der Waals surface area contributed by atoms with Crippen LogP contribution < -0.4 is 0 Å². The molecule has 3 aliphatic carbocycles. The summed E-state index contributed by atoms with van der Waals surface area (Å²) >= 11 is 0. The van der Waals surface area contributed by atoms with Crippen molar-refractivity contribution in [2.24, 2.45) is 27.6 Å². The Hall–Kier alpha value is -0.340. The molecule has 21 heavy (non-hydrogen) atoms. The van der Waals surface area contributed by atoms with E-state index in [0.29, 0.717) is 5.41 Å². The summed E-state index contributed by atoms with van der Waals surface area (Å²) in [5, 5.41) is 20.4. The molecule has 1 fully saturated rings. The predicted octanol–water partition coefficient (Wildman–Crippen LogP) is 3.92. The van der Waals surface area contributed by atoms with Crippen LogP contribution in [0.25, 0.3) is 0 Å². The highest BCUT2D eigenvalue weighted by molar-refractivity contribution is 5.38. The Balaban J connectivity index is 2.13. The molecule has 120 valence electrons. The van der Waals surface area contributed by atoms with Gasteiger partial charge in [-0.25, -0.2) is 0 Å². The maximum Gasteiger partial charge on any atom is 0.0525 e. The zero-order valence-electron chi connectivity index (χ0n) is 14.4. The molecule has 0 spiro atoms. The van der Waals surface area contributed by atoms with Gasteiger partial charge in [-0.2, -0.15) is 0 Å². The monoisotopic (exact) mass is 292 g/mol. The van der Waals surface area contributed by atoms with Gasteiger partial charge in [-0.15, -0.1) is 0 Å². The summed E-state index contributed by atoms with van der Waals surface area (Å²) in [6.45, 7) is 12.2. The molecule has 0 aromatic carbocycles. The number of fused-ring (bicyclic) bond motifs is 3. The molecule has 2 bridgehead atoms. The van der Waals surface area contributed by atoms with Crippen molar-refractivity contribution >= 4 is 0 Å². The van der Waals surface area contributed by atoms with E-state index in [1.165, 1.54) is 18.4 Å². The molecule has 0 amide bonds. The lowest BCUT2D eigenvalue weighted by molar-refractivity contribution is -0.0404. The van der Waals surface area contributed by atoms with Crippen LogP contribution in [0.4, 0.5) is 0 Å². The van der Waals surface area contributed by atoms with E-state index in [1.54, 1.807) is 5.57 Å². The van der Waals surface area contributed by atoms with Crippen LogP contribution in [0.1, 0.15) is 66.7 Å². The van der Waals surface area contributed by atoms with E-state index in [0.717, 1.165) is 19.3 Å². The highest BCUT2D eigenvalue weighted by Gasteiger charge is 2.59. The van der Waals surface area contributed by atoms with Crippen LogP contribution in [0.15, 0.2) is 11.1 Å². The van der Waals surface area contributed by atoms with Crippen molar-refractivity contribution in [3.8, 4) is 0 Å². The van der Waals surface area contributed by atoms with Gasteiger partial charge >= 0.3 is 0 Å². The van der Waals surface area contributed by atoms with Gasteiger partial charge in [-0.3, -0.25) is 0 Å². The van der Waals surface area contributed by atoms with Gasteiger partial charge in [-0.05, 0) is 48.3 Å². The lowest BCUT2D eigenvalue weighted by Crippen LogP contribution is -2.49. The number of aliphatic hydroxyl groups excluding tert-OH is 2. The summed E-state index contributed by atoms with van der Waals surface area (Å²) in [7, 11) is 0. The van der Waals surface area contributed by atoms with E-state index >= 15 is 0 Å². The summed E-state index contributed by atoms with van der Waals surface area (Å²) in [5.74, 6) is 0.234. The second-order valence-electron chi connectivity index (χ2n) is 10.0. The fraction of sp³-hybridized carbons (Fsp3) is 0.895. The lowest BCUT2D eigenvalue weighted by atomic mass is 9.47. The van der Waals surface area contributed by atoms with Gasteiger partial charge in [0.25, 0.3) is 0 Å². The highest BCUT2D eigenvalue weighted by Crippen LogP contribution is 2.68. The van der Waals surface area contributed by atoms with Gasteiger partial charge in [0.2, 0.25) is 0 Å². The number of rotatable bonds is 2. The average Bonchev–Trinajstić information content (AvgIpc) is 2.55. The molecule has 3 rings (SSSR count). The molecule has 2 N–H and O–H groups in total. The van der Waals surface area contributed by atoms with Crippen molar-refractivity contribution in [1.29, 1.82) is 0 Å². The van der Waals surface area contributed by atoms with Crippen molar-refractivity contribution in [3.05, 3.63) is 11.1 Å². The summed E-state index contributed by atoms with van der Waals surface area (Å²) < 4.78 is 0. The van der Waals surface area contributed by atoms with Crippen molar-refractivity contribution in [2.75, 3.05) is 13.2 Å². The normalized spacial score (nSPS) is 43.9. The van der Waals surface area contributed by atoms with Crippen LogP contribution in [0, 0.1) is 27.6 Å². The van der Waals surface area contributed by atoms with Crippen LogP contribution in [-0.4, -0.2) is 23.4 Å². The van der Waals surface area contributed by atoms with E-state index in [1.807, 2.05) is 0 Å². The van der Waals surface area contributed by atoms with E-state index in [9.17, 15) is 10.2 Å². The number of hydrogen-bond donors (Lipinski definition) is 2. The molecule has 2 heteroatoms. The topological polar surface area (TPSA) is 40.5 Å². The first-order valence-electron chi connectivity index (χ1n) is 8.51. The second-order valence-corrected chi connectivity index (χ2v) is 10.0. The van der Waals surface area contributed by atoms with Crippen LogP contribution in [-0.2, 0) is 0 Å². The van der Waals surface area contributed by atoms with Gasteiger partial charge in [-0.1, -0.05) is 45.8 Å². The van der Waals surface area contributed by atoms with E-state index in [2.05, 4.69) is 34.6 Å². The summed E-state index contributed by atoms with van der Waals surface area (Å²) in [6.07, 6.45) is 5.70. The molecule has 0 aliphatic heterocycles. The first-order valence-corrected chi connectivity index (χ1v) is 8.51. The molecule has 0 saturated heterocycles. The maximum absolute atomic E-state index is 10.4. The van der Waals surface area contributed by atoms with Gasteiger partial charge in [0.05, 0.1) is 13.2 Å². The molecule has 0 heterocycles. The molecule has 0 aromatic heterocycles. The maximum atomic E-state index is 10.4. The molecule has 0 radical (unpaired) electrons. The zero-order valence-corrected chi connectivity index (χ0v) is 14.4. The van der Waals surface area contributed by atoms with Crippen molar-refractivity contribution in [1.82, 2.24) is 0 Å². The molecular formula is C19H32O2. The molecule has 0 aromatic rings. The Morgan fingerprint density at radius 2 is 1.62 bits per heavy atom. The van der Waals surface area contributed by atoms with Crippen LogP contribution in [0.2, 0.25) is 0 Å². The third kappa shape index (κ3) is 2.21. The van der Waals surface area contributed by atoms with Crippen molar-refractivity contribution < 1.29 is 10.2 Å². The van der Waals surface area contributed by atoms with Crippen LogP contribution >= 0.6 is 0 Å². The molecule has 0 unspecified atom stereocenters. The average molecular weight is 292 g/mol. The quantitative estimate of drug-likeness (QED) is 0.757. The Morgan fingerprint density at radius 3 is 2.19 bits per heavy atom. The van der Waals surface area contributed by atoms with E-state index in [4.69, 9.17) is 0 Å². The summed E-state index contributed by atoms with van der Waals surface area (Å²) in [4.78, 5) is 0. The van der Waals surface area contributed by atoms with E-state index in [-0.39, 0.29) is 35.4 Å². The molecule has 3 aliphatic rings. The smallest absolute Gasteiger partial charge is 0.0525 e. The predicted molar refractivity (Wildman–Crippen MR) is 85.9 cm³/mol. The van der Waals surface area contributed by atoms with E-state index < -0.39 is 0 Å². The molecular weight excluding hydrogens is 260 g/mol. The Bertz CT molecular complexity index is 488. The number of aliphatic hydroxyl groups is 2. The fourth-order valence-corrected chi connectivity index (χ4v) is 6.75. The Morgan fingerprint density at radius 1 is 0.952 bits per heavy atom. The fourth-order valence-electron chi connectivity index (χ4n) is 6.75. The zero-order chi connectivity index (χ0) is 15.7. The Labute approximate surface area is 129 Å². The lowest BCUT2D eigenvalue weighted by Gasteiger charge is -2.57. The minimum absolute atomic E-state index is 0.0781. The van der Waals surface area contributed by atoms with Gasteiger partial charge in [0.15, 0.2) is 0 Å². The van der Waals surface area contributed by atoms with Gasteiger partial charge in [0, 0.05) is 11.3 Å². The third-order valence-corrected chi connectivity index (χ3v) is 6.53. The first-order chi connectivity index (χ1) is 9.56. The second kappa shape index (κ2) is 4.35. The number of allylic oxidation sites excluding steroid dienone is 1. The first kappa shape index (κ1) is 15.6. The summed E-state index contributed by atoms with van der Waals surface area (Å²) in [5.41, 5.74) is 3.68. The molecule has 1 saturated carbocycles. The van der Waals surface area contributed by atoms with Gasteiger partial charge in [0.1, 0.15) is 0 Å². The largest absolute Gasteiger partial charge is 0.396 e. The molecule has 2 nitrogen and oxygen atoms in total. The minimum atomic E-state index is -0.0781. The van der Waals surface area contributed by atoms with Crippen LogP contribution in [0.3, 0.4) is 0 Å². The standard InChI is InChI=1S/C19H32O2/c1-16(2)9-18(5)7-13-6-17(3,4)14(8-20)15(13)19(10-16,11-18)12-21/h14,20-21H,6-12H2,1-5H3/t14-,18-,19+/m0/s1. The minimum Gasteiger partial charge on any atom is -0.396 e. The van der Waals surface area contributed by atoms with Crippen molar-refractivity contribution in [3.63, 3.8) is 0 Å². The SMILES string of the molecule is CC1(C)C[C@]2(C)CC3=C([C@H](CO)C(C)(C)C3)[C@](CO)(C1)C2. The third-order valence-electron chi connectivity index (χ3n) is 6.53. The van der Waals surface area contributed by atoms with Gasteiger partial charge < -0.3 is 10.2 Å².